The molecule has 0 aliphatic heterocycles. The largest absolute Gasteiger partial charge is 0.443 e. The zero-order chi connectivity index (χ0) is 15.3. The van der Waals surface area contributed by atoms with Gasteiger partial charge >= 0.3 is 0 Å². The molecule has 116 valence electrons. The monoisotopic (exact) mass is 291 g/mol. The number of hydrogen-bond acceptors (Lipinski definition) is 4. The highest BCUT2D eigenvalue weighted by Gasteiger charge is 2.09. The minimum absolute atomic E-state index is 0.195. The number of carbonyl (C=O) groups excluding carboxylic acids is 1. The Labute approximate surface area is 126 Å². The van der Waals surface area contributed by atoms with E-state index in [1.54, 1.807) is 12.1 Å². The van der Waals surface area contributed by atoms with Gasteiger partial charge in [-0.3, -0.25) is 4.79 Å². The second-order valence-electron chi connectivity index (χ2n) is 4.84. The summed E-state index contributed by atoms with van der Waals surface area (Å²) in [5.41, 5.74) is 10.7. The van der Waals surface area contributed by atoms with Gasteiger partial charge in [0.25, 0.3) is 5.91 Å². The van der Waals surface area contributed by atoms with Crippen molar-refractivity contribution in [2.45, 2.75) is 38.5 Å². The Bertz CT molecular complexity index is 471. The van der Waals surface area contributed by atoms with Crippen molar-refractivity contribution >= 4 is 5.91 Å². The number of unbranched alkanes of at least 4 members (excludes halogenated alkanes) is 5. The third-order valence-corrected chi connectivity index (χ3v) is 3.06. The minimum Gasteiger partial charge on any atom is -0.443 e. The third-order valence-electron chi connectivity index (χ3n) is 3.06. The van der Waals surface area contributed by atoms with Gasteiger partial charge in [0.1, 0.15) is 0 Å². The van der Waals surface area contributed by atoms with E-state index in [4.69, 9.17) is 15.9 Å². The number of furan rings is 1. The molecule has 1 heterocycles. The molecule has 1 aromatic rings. The first-order valence-corrected chi connectivity index (χ1v) is 7.55. The van der Waals surface area contributed by atoms with Crippen molar-refractivity contribution in [1.29, 1.82) is 0 Å². The van der Waals surface area contributed by atoms with Crippen LogP contribution in [0.15, 0.2) is 16.5 Å². The highest BCUT2D eigenvalue weighted by molar-refractivity contribution is 5.91. The van der Waals surface area contributed by atoms with Gasteiger partial charge in [-0.1, -0.05) is 31.6 Å². The van der Waals surface area contributed by atoms with Crippen molar-refractivity contribution in [1.82, 2.24) is 5.32 Å². The number of rotatable bonds is 9. The number of carbonyl (C=O) groups is 1. The molecular weight excluding hydrogens is 266 g/mol. The fraction of sp³-hybridized carbons (Fsp3) is 0.562. The summed E-state index contributed by atoms with van der Waals surface area (Å²) in [4.78, 5) is 11.8. The molecule has 0 saturated carbocycles. The van der Waals surface area contributed by atoms with Gasteiger partial charge < -0.3 is 21.2 Å². The Morgan fingerprint density at radius 1 is 1.10 bits per heavy atom. The molecule has 5 N–H and O–H groups in total. The van der Waals surface area contributed by atoms with Crippen LogP contribution in [0.4, 0.5) is 0 Å². The second kappa shape index (κ2) is 11.0. The summed E-state index contributed by atoms with van der Waals surface area (Å²) in [5.74, 6) is 5.99. The van der Waals surface area contributed by atoms with Gasteiger partial charge in [-0.2, -0.15) is 0 Å². The Morgan fingerprint density at radius 2 is 1.81 bits per heavy atom. The molecule has 1 aromatic heterocycles. The normalized spacial score (nSPS) is 10.0. The molecule has 21 heavy (non-hydrogen) atoms. The second-order valence-corrected chi connectivity index (χ2v) is 4.84. The van der Waals surface area contributed by atoms with Crippen LogP contribution in [-0.4, -0.2) is 25.5 Å². The highest BCUT2D eigenvalue weighted by atomic mass is 16.3. The summed E-state index contributed by atoms with van der Waals surface area (Å²) in [5, 5.41) is 2.84. The summed E-state index contributed by atoms with van der Waals surface area (Å²) in [7, 11) is 0. The molecule has 0 unspecified atom stereocenters. The maximum atomic E-state index is 11.8. The first-order valence-electron chi connectivity index (χ1n) is 7.55. The SMILES string of the molecule is NCC#Cc1ccc(C(=O)NCCCCCCCCN)o1. The molecule has 5 nitrogen and oxygen atoms in total. The van der Waals surface area contributed by atoms with Crippen molar-refractivity contribution in [3.63, 3.8) is 0 Å². The highest BCUT2D eigenvalue weighted by Crippen LogP contribution is 2.07. The molecule has 1 rings (SSSR count). The topological polar surface area (TPSA) is 94.3 Å². The van der Waals surface area contributed by atoms with E-state index in [2.05, 4.69) is 17.2 Å². The summed E-state index contributed by atoms with van der Waals surface area (Å²) in [6, 6.07) is 3.30. The zero-order valence-electron chi connectivity index (χ0n) is 12.5. The van der Waals surface area contributed by atoms with Crippen molar-refractivity contribution in [3.05, 3.63) is 23.7 Å². The lowest BCUT2D eigenvalue weighted by atomic mass is 10.1. The summed E-state index contributed by atoms with van der Waals surface area (Å²) >= 11 is 0. The van der Waals surface area contributed by atoms with Crippen LogP contribution in [0.1, 0.15) is 54.8 Å². The molecule has 0 bridgehead atoms. The van der Waals surface area contributed by atoms with Crippen LogP contribution in [0.5, 0.6) is 0 Å². The van der Waals surface area contributed by atoms with Gasteiger partial charge in [-0.25, -0.2) is 0 Å². The van der Waals surface area contributed by atoms with E-state index in [0.29, 0.717) is 18.1 Å². The summed E-state index contributed by atoms with van der Waals surface area (Å²) in [6.07, 6.45) is 6.81. The van der Waals surface area contributed by atoms with Crippen LogP contribution in [0.3, 0.4) is 0 Å². The van der Waals surface area contributed by atoms with Crippen LogP contribution >= 0.6 is 0 Å². The van der Waals surface area contributed by atoms with E-state index >= 15 is 0 Å². The number of hydrogen-bond donors (Lipinski definition) is 3. The van der Waals surface area contributed by atoms with Crippen LogP contribution in [0, 0.1) is 11.8 Å². The first-order chi connectivity index (χ1) is 10.3. The fourth-order valence-electron chi connectivity index (χ4n) is 1.93. The van der Waals surface area contributed by atoms with E-state index < -0.39 is 0 Å². The first kappa shape index (κ1) is 17.3. The molecule has 0 saturated heterocycles. The Balaban J connectivity index is 2.15. The molecule has 0 aliphatic carbocycles. The van der Waals surface area contributed by atoms with E-state index in [1.807, 2.05) is 0 Å². The van der Waals surface area contributed by atoms with Gasteiger partial charge in [0, 0.05) is 6.54 Å². The number of nitrogens with one attached hydrogen (secondary N) is 1. The lowest BCUT2D eigenvalue weighted by Crippen LogP contribution is -2.23. The van der Waals surface area contributed by atoms with Crippen molar-refractivity contribution in [2.24, 2.45) is 11.5 Å². The molecule has 5 heteroatoms. The molecule has 0 spiro atoms. The van der Waals surface area contributed by atoms with Gasteiger partial charge in [0.05, 0.1) is 6.54 Å². The fourth-order valence-corrected chi connectivity index (χ4v) is 1.93. The molecule has 0 atom stereocenters. The van der Waals surface area contributed by atoms with Crippen LogP contribution in [-0.2, 0) is 0 Å². The summed E-state index contributed by atoms with van der Waals surface area (Å²) in [6.45, 7) is 1.71. The van der Waals surface area contributed by atoms with Crippen LogP contribution in [0.2, 0.25) is 0 Å². The lowest BCUT2D eigenvalue weighted by molar-refractivity contribution is 0.0924. The molecule has 0 aliphatic rings. The smallest absolute Gasteiger partial charge is 0.287 e. The molecule has 0 radical (unpaired) electrons. The maximum absolute atomic E-state index is 11.8. The van der Waals surface area contributed by atoms with E-state index in [0.717, 1.165) is 25.8 Å². The zero-order valence-corrected chi connectivity index (χ0v) is 12.5. The molecule has 0 fully saturated rings. The predicted molar refractivity (Wildman–Crippen MR) is 83.7 cm³/mol. The summed E-state index contributed by atoms with van der Waals surface area (Å²) < 4.78 is 5.32. The standard InChI is InChI=1S/C16H25N3O2/c17-11-5-3-1-2-4-6-13-19-16(20)15-10-9-14(21-15)8-7-12-18/h9-10H,1-6,11-13,17-18H2,(H,19,20). The van der Waals surface area contributed by atoms with Gasteiger partial charge in [0.15, 0.2) is 11.5 Å². The van der Waals surface area contributed by atoms with Crippen LogP contribution in [0.25, 0.3) is 0 Å². The van der Waals surface area contributed by atoms with Gasteiger partial charge in [0.2, 0.25) is 0 Å². The minimum atomic E-state index is -0.195. The maximum Gasteiger partial charge on any atom is 0.287 e. The molecular formula is C16H25N3O2. The Hall–Kier alpha value is -1.77. The van der Waals surface area contributed by atoms with E-state index in [9.17, 15) is 4.79 Å². The van der Waals surface area contributed by atoms with Crippen molar-refractivity contribution < 1.29 is 9.21 Å². The lowest BCUT2D eigenvalue weighted by Gasteiger charge is -2.03. The van der Waals surface area contributed by atoms with Gasteiger partial charge in [-0.15, -0.1) is 0 Å². The van der Waals surface area contributed by atoms with Gasteiger partial charge in [-0.05, 0) is 37.4 Å². The van der Waals surface area contributed by atoms with Crippen molar-refractivity contribution in [3.8, 4) is 11.8 Å². The molecule has 0 aromatic carbocycles. The predicted octanol–water partition coefficient (Wildman–Crippen LogP) is 1.62. The average molecular weight is 291 g/mol. The number of nitrogens with two attached hydrogens (primary N) is 2. The van der Waals surface area contributed by atoms with Crippen molar-refractivity contribution in [2.75, 3.05) is 19.6 Å². The Morgan fingerprint density at radius 3 is 2.52 bits per heavy atom. The average Bonchev–Trinajstić information content (AvgIpc) is 2.96. The molecule has 1 amide bonds. The van der Waals surface area contributed by atoms with Crippen LogP contribution < -0.4 is 16.8 Å². The Kier molecular flexibility index (Phi) is 9.01. The quantitative estimate of drug-likeness (QED) is 0.476. The third kappa shape index (κ3) is 7.54. The van der Waals surface area contributed by atoms with E-state index in [1.165, 1.54) is 19.3 Å². The van der Waals surface area contributed by atoms with E-state index in [-0.39, 0.29) is 12.5 Å². The number of amides is 1.